The Balaban J connectivity index is 1.48. The number of anilines is 3. The fourth-order valence-corrected chi connectivity index (χ4v) is 6.04. The highest BCUT2D eigenvalue weighted by Crippen LogP contribution is 2.32. The molecule has 3 heterocycles. The summed E-state index contributed by atoms with van der Waals surface area (Å²) in [5, 5.41) is 1.31. The van der Waals surface area contributed by atoms with Crippen LogP contribution in [-0.4, -0.2) is 62.8 Å². The van der Waals surface area contributed by atoms with Crippen molar-refractivity contribution in [2.45, 2.75) is 39.8 Å². The van der Waals surface area contributed by atoms with Gasteiger partial charge in [-0.15, -0.1) is 0 Å². The predicted molar refractivity (Wildman–Crippen MR) is 138 cm³/mol. The van der Waals surface area contributed by atoms with Gasteiger partial charge < -0.3 is 4.90 Å². The molecule has 2 aliphatic heterocycles. The van der Waals surface area contributed by atoms with Crippen LogP contribution in [0.2, 0.25) is 0 Å². The third kappa shape index (κ3) is 6.05. The van der Waals surface area contributed by atoms with Crippen molar-refractivity contribution in [3.63, 3.8) is 0 Å². The van der Waals surface area contributed by atoms with Gasteiger partial charge in [-0.1, -0.05) is 13.8 Å². The molecule has 1 aromatic carbocycles. The number of piperazine rings is 1. The van der Waals surface area contributed by atoms with Crippen molar-refractivity contribution in [1.29, 1.82) is 0 Å². The molecule has 1 aromatic heterocycles. The van der Waals surface area contributed by atoms with Crippen LogP contribution in [0.15, 0.2) is 30.6 Å². The van der Waals surface area contributed by atoms with Gasteiger partial charge in [-0.2, -0.15) is 5.53 Å². The second-order valence-electron chi connectivity index (χ2n) is 10.0. The van der Waals surface area contributed by atoms with Gasteiger partial charge in [0.2, 0.25) is 10.0 Å². The Morgan fingerprint density at radius 2 is 1.83 bits per heavy atom. The maximum atomic E-state index is 15.3. The minimum absolute atomic E-state index is 0.140. The molecule has 2 aromatic rings. The SMILES string of the molecule is CC(C)CS(=O)(=O)Nc1ccc(F)c(N2CC(c3cncc(N4CCN(C(C)C)CC4)c3)NN2)c1F. The first kappa shape index (κ1) is 26.5. The maximum absolute atomic E-state index is 15.3. The molecule has 2 saturated heterocycles. The van der Waals surface area contributed by atoms with E-state index in [1.165, 1.54) is 5.01 Å². The number of rotatable bonds is 8. The minimum Gasteiger partial charge on any atom is -0.368 e. The molecule has 0 bridgehead atoms. The second kappa shape index (κ2) is 10.8. The van der Waals surface area contributed by atoms with E-state index in [0.29, 0.717) is 6.04 Å². The highest BCUT2D eigenvalue weighted by Gasteiger charge is 2.30. The van der Waals surface area contributed by atoms with Gasteiger partial charge in [-0.3, -0.25) is 19.6 Å². The maximum Gasteiger partial charge on any atom is 0.233 e. The van der Waals surface area contributed by atoms with Crippen LogP contribution in [0.25, 0.3) is 0 Å². The van der Waals surface area contributed by atoms with E-state index in [1.807, 2.05) is 12.3 Å². The molecule has 198 valence electrons. The predicted octanol–water partition coefficient (Wildman–Crippen LogP) is 2.86. The zero-order valence-electron chi connectivity index (χ0n) is 21.1. The lowest BCUT2D eigenvalue weighted by atomic mass is 10.1. The molecule has 2 fully saturated rings. The van der Waals surface area contributed by atoms with E-state index in [2.05, 4.69) is 44.3 Å². The van der Waals surface area contributed by atoms with Gasteiger partial charge in [-0.05, 0) is 43.5 Å². The van der Waals surface area contributed by atoms with E-state index in [0.717, 1.165) is 49.6 Å². The first-order chi connectivity index (χ1) is 17.0. The summed E-state index contributed by atoms with van der Waals surface area (Å²) < 4.78 is 56.8. The highest BCUT2D eigenvalue weighted by molar-refractivity contribution is 7.92. The Kier molecular flexibility index (Phi) is 7.98. The summed E-state index contributed by atoms with van der Waals surface area (Å²) in [6.07, 6.45) is 3.57. The van der Waals surface area contributed by atoms with Crippen molar-refractivity contribution < 1.29 is 17.2 Å². The number of pyridine rings is 1. The standard InChI is InChI=1S/C24H35F2N7O2S/c1-16(2)15-36(34,35)29-21-6-5-20(25)24(23(21)26)33-14-22(28-30-33)18-11-19(13-27-12-18)32-9-7-31(8-10-32)17(3)4/h5-6,11-13,16-17,22,28-30H,7-10,14-15H2,1-4H3. The van der Waals surface area contributed by atoms with Crippen molar-refractivity contribution in [1.82, 2.24) is 20.8 Å². The van der Waals surface area contributed by atoms with Crippen molar-refractivity contribution in [2.24, 2.45) is 5.92 Å². The average molecular weight is 524 g/mol. The fourth-order valence-electron chi connectivity index (χ4n) is 4.59. The van der Waals surface area contributed by atoms with Crippen molar-refractivity contribution in [3.05, 3.63) is 47.8 Å². The zero-order valence-corrected chi connectivity index (χ0v) is 21.9. The fraction of sp³-hybridized carbons (Fsp3) is 0.542. The van der Waals surface area contributed by atoms with Crippen LogP contribution in [-0.2, 0) is 10.0 Å². The molecule has 0 radical (unpaired) electrons. The van der Waals surface area contributed by atoms with Gasteiger partial charge in [0.05, 0.1) is 35.9 Å². The molecular formula is C24H35F2N7O2S. The Bertz CT molecular complexity index is 1170. The van der Waals surface area contributed by atoms with E-state index in [1.54, 1.807) is 20.0 Å². The molecular weight excluding hydrogens is 488 g/mol. The van der Waals surface area contributed by atoms with Crippen LogP contribution >= 0.6 is 0 Å². The number of benzene rings is 1. The zero-order chi connectivity index (χ0) is 26.0. The summed E-state index contributed by atoms with van der Waals surface area (Å²) in [5.41, 5.74) is 7.12. The molecule has 1 atom stereocenters. The van der Waals surface area contributed by atoms with Crippen LogP contribution in [0.1, 0.15) is 39.3 Å². The molecule has 12 heteroatoms. The third-order valence-electron chi connectivity index (χ3n) is 6.45. The average Bonchev–Trinajstić information content (AvgIpc) is 3.30. The summed E-state index contributed by atoms with van der Waals surface area (Å²) in [4.78, 5) is 9.13. The van der Waals surface area contributed by atoms with Crippen molar-refractivity contribution in [3.8, 4) is 0 Å². The molecule has 0 spiro atoms. The lowest BCUT2D eigenvalue weighted by molar-refractivity contribution is 0.209. The molecule has 3 N–H and O–H groups in total. The van der Waals surface area contributed by atoms with Crippen LogP contribution in [0, 0.1) is 17.6 Å². The number of aromatic nitrogens is 1. The normalized spacial score (nSPS) is 19.5. The van der Waals surface area contributed by atoms with Gasteiger partial charge in [-0.25, -0.2) is 22.6 Å². The summed E-state index contributed by atoms with van der Waals surface area (Å²) in [6.45, 7) is 11.9. The van der Waals surface area contributed by atoms with Gasteiger partial charge in [0.25, 0.3) is 0 Å². The van der Waals surface area contributed by atoms with E-state index >= 15 is 4.39 Å². The Morgan fingerprint density at radius 3 is 2.50 bits per heavy atom. The van der Waals surface area contributed by atoms with Crippen LogP contribution < -0.4 is 25.6 Å². The first-order valence-corrected chi connectivity index (χ1v) is 13.9. The third-order valence-corrected chi connectivity index (χ3v) is 8.09. The summed E-state index contributed by atoms with van der Waals surface area (Å²) in [5.74, 6) is -2.09. The van der Waals surface area contributed by atoms with Gasteiger partial charge >= 0.3 is 0 Å². The summed E-state index contributed by atoms with van der Waals surface area (Å²) in [7, 11) is -3.77. The summed E-state index contributed by atoms with van der Waals surface area (Å²) >= 11 is 0. The lowest BCUT2D eigenvalue weighted by Gasteiger charge is -2.38. The molecule has 36 heavy (non-hydrogen) atoms. The minimum atomic E-state index is -3.77. The van der Waals surface area contributed by atoms with Gasteiger partial charge in [0, 0.05) is 38.4 Å². The van der Waals surface area contributed by atoms with Crippen LogP contribution in [0.4, 0.5) is 25.8 Å². The van der Waals surface area contributed by atoms with Gasteiger partial charge in [0.15, 0.2) is 11.6 Å². The largest absolute Gasteiger partial charge is 0.368 e. The van der Waals surface area contributed by atoms with Crippen molar-refractivity contribution >= 4 is 27.1 Å². The quantitative estimate of drug-likeness (QED) is 0.487. The summed E-state index contributed by atoms with van der Waals surface area (Å²) in [6, 6.07) is 4.43. The Hall–Kier alpha value is -2.54. The van der Waals surface area contributed by atoms with Crippen LogP contribution in [0.5, 0.6) is 0 Å². The van der Waals surface area contributed by atoms with E-state index in [4.69, 9.17) is 0 Å². The molecule has 0 saturated carbocycles. The van der Waals surface area contributed by atoms with Crippen LogP contribution in [0.3, 0.4) is 0 Å². The highest BCUT2D eigenvalue weighted by atomic mass is 32.2. The number of hydrazine groups is 2. The van der Waals surface area contributed by atoms with Crippen molar-refractivity contribution in [2.75, 3.05) is 53.1 Å². The Morgan fingerprint density at radius 1 is 1.11 bits per heavy atom. The molecule has 1 unspecified atom stereocenters. The topological polar surface area (TPSA) is 92.8 Å². The molecule has 2 aliphatic rings. The number of hydrogen-bond acceptors (Lipinski definition) is 8. The molecule has 4 rings (SSSR count). The van der Waals surface area contributed by atoms with E-state index in [9.17, 15) is 12.8 Å². The number of nitrogens with one attached hydrogen (secondary N) is 3. The Labute approximate surface area is 211 Å². The smallest absolute Gasteiger partial charge is 0.233 e. The van der Waals surface area contributed by atoms with E-state index in [-0.39, 0.29) is 35.6 Å². The monoisotopic (exact) mass is 523 g/mol. The van der Waals surface area contributed by atoms with E-state index < -0.39 is 21.7 Å². The second-order valence-corrected chi connectivity index (χ2v) is 11.8. The number of sulfonamides is 1. The molecule has 0 amide bonds. The lowest BCUT2D eigenvalue weighted by Crippen LogP contribution is -2.49. The molecule has 9 nitrogen and oxygen atoms in total. The number of halogens is 2. The first-order valence-electron chi connectivity index (χ1n) is 12.2. The van der Waals surface area contributed by atoms with Gasteiger partial charge in [0.1, 0.15) is 5.69 Å². The molecule has 0 aliphatic carbocycles. The number of nitrogens with zero attached hydrogens (tertiary/aromatic N) is 4. The number of hydrogen-bond donors (Lipinski definition) is 3.